The molecule has 1 aromatic heterocycles. The largest absolute Gasteiger partial charge is 0.464 e. The molecule has 0 aliphatic carbocycles. The van der Waals surface area contributed by atoms with Crippen LogP contribution in [0.5, 0.6) is 0 Å². The van der Waals surface area contributed by atoms with Gasteiger partial charge in [0.25, 0.3) is 0 Å². The van der Waals surface area contributed by atoms with Crippen molar-refractivity contribution in [2.75, 3.05) is 13.2 Å². The van der Waals surface area contributed by atoms with E-state index in [0.717, 1.165) is 29.6 Å². The zero-order valence-corrected chi connectivity index (χ0v) is 9.98. The van der Waals surface area contributed by atoms with E-state index in [9.17, 15) is 0 Å². The predicted octanol–water partition coefficient (Wildman–Crippen LogP) is 2.36. The Balaban J connectivity index is 2.18. The number of hydrogen-bond donors (Lipinski definition) is 2. The minimum absolute atomic E-state index is 0.0369. The molecule has 1 atom stereocenters. The second-order valence-electron chi connectivity index (χ2n) is 3.98. The maximum atomic E-state index is 5.57. The Hall–Kier alpha value is -1.36. The van der Waals surface area contributed by atoms with Crippen molar-refractivity contribution in [1.82, 2.24) is 5.43 Å². The Kier molecular flexibility index (Phi) is 4.14. The molecule has 3 N–H and O–H groups in total. The van der Waals surface area contributed by atoms with Crippen molar-refractivity contribution in [2.45, 2.75) is 19.4 Å². The number of benzene rings is 1. The molecule has 92 valence electrons. The van der Waals surface area contributed by atoms with Crippen LogP contribution in [0.2, 0.25) is 0 Å². The van der Waals surface area contributed by atoms with E-state index in [-0.39, 0.29) is 6.04 Å². The van der Waals surface area contributed by atoms with Crippen molar-refractivity contribution >= 4 is 11.0 Å². The second-order valence-corrected chi connectivity index (χ2v) is 3.98. The minimum Gasteiger partial charge on any atom is -0.464 e. The summed E-state index contributed by atoms with van der Waals surface area (Å²) < 4.78 is 11.0. The Labute approximate surface area is 101 Å². The Bertz CT molecular complexity index is 467. The Morgan fingerprint density at radius 2 is 2.24 bits per heavy atom. The van der Waals surface area contributed by atoms with Crippen LogP contribution < -0.4 is 11.3 Å². The van der Waals surface area contributed by atoms with Crippen LogP contribution in [0.1, 0.15) is 24.9 Å². The van der Waals surface area contributed by atoms with E-state index >= 15 is 0 Å². The van der Waals surface area contributed by atoms with Crippen LogP contribution in [0.15, 0.2) is 34.9 Å². The van der Waals surface area contributed by atoms with E-state index in [4.69, 9.17) is 15.0 Å². The highest BCUT2D eigenvalue weighted by Gasteiger charge is 2.15. The van der Waals surface area contributed by atoms with Gasteiger partial charge in [-0.2, -0.15) is 0 Å². The standard InChI is InChI=1S/C13H18N2O2/c1-2-7-16-9-12(15-14)11-8-17-13-6-4-3-5-10(11)13/h3-6,8,12,15H,2,7,9,14H2,1H3. The first-order chi connectivity index (χ1) is 8.36. The second kappa shape index (κ2) is 5.82. The highest BCUT2D eigenvalue weighted by atomic mass is 16.5. The summed E-state index contributed by atoms with van der Waals surface area (Å²) in [5.74, 6) is 5.57. The van der Waals surface area contributed by atoms with Crippen molar-refractivity contribution < 1.29 is 9.15 Å². The molecule has 0 amide bonds. The molecule has 0 saturated heterocycles. The average molecular weight is 234 g/mol. The number of hydrogen-bond acceptors (Lipinski definition) is 4. The average Bonchev–Trinajstić information content (AvgIpc) is 2.79. The molecule has 4 nitrogen and oxygen atoms in total. The SMILES string of the molecule is CCCOCC(NN)c1coc2ccccc12. The van der Waals surface area contributed by atoms with Gasteiger partial charge in [-0.25, -0.2) is 0 Å². The summed E-state index contributed by atoms with van der Waals surface area (Å²) in [6.45, 7) is 3.37. The third kappa shape index (κ3) is 2.66. The van der Waals surface area contributed by atoms with Crippen LogP contribution in [0.3, 0.4) is 0 Å². The summed E-state index contributed by atoms with van der Waals surface area (Å²) >= 11 is 0. The number of ether oxygens (including phenoxy) is 1. The van der Waals surface area contributed by atoms with Crippen molar-refractivity contribution in [3.8, 4) is 0 Å². The lowest BCUT2D eigenvalue weighted by molar-refractivity contribution is 0.112. The predicted molar refractivity (Wildman–Crippen MR) is 67.4 cm³/mol. The number of nitrogens with two attached hydrogens (primary N) is 1. The van der Waals surface area contributed by atoms with Gasteiger partial charge >= 0.3 is 0 Å². The molecule has 2 aromatic rings. The summed E-state index contributed by atoms with van der Waals surface area (Å²) in [5.41, 5.74) is 4.68. The van der Waals surface area contributed by atoms with Gasteiger partial charge in [0.05, 0.1) is 18.9 Å². The third-order valence-electron chi connectivity index (χ3n) is 2.72. The maximum Gasteiger partial charge on any atom is 0.134 e. The lowest BCUT2D eigenvalue weighted by atomic mass is 10.1. The lowest BCUT2D eigenvalue weighted by Crippen LogP contribution is -2.31. The topological polar surface area (TPSA) is 60.4 Å². The fourth-order valence-electron chi connectivity index (χ4n) is 1.84. The van der Waals surface area contributed by atoms with Gasteiger partial charge in [-0.1, -0.05) is 25.1 Å². The van der Waals surface area contributed by atoms with E-state index in [1.165, 1.54) is 0 Å². The summed E-state index contributed by atoms with van der Waals surface area (Å²) in [7, 11) is 0. The van der Waals surface area contributed by atoms with Crippen LogP contribution in [0, 0.1) is 0 Å². The molecule has 2 rings (SSSR count). The van der Waals surface area contributed by atoms with Crippen molar-refractivity contribution in [3.63, 3.8) is 0 Å². The molecule has 0 aliphatic rings. The normalized spacial score (nSPS) is 13.1. The first-order valence-corrected chi connectivity index (χ1v) is 5.86. The third-order valence-corrected chi connectivity index (χ3v) is 2.72. The molecule has 1 unspecified atom stereocenters. The van der Waals surface area contributed by atoms with E-state index in [2.05, 4.69) is 12.3 Å². The van der Waals surface area contributed by atoms with Crippen LogP contribution >= 0.6 is 0 Å². The van der Waals surface area contributed by atoms with Gasteiger partial charge in [-0.15, -0.1) is 0 Å². The summed E-state index contributed by atoms with van der Waals surface area (Å²) in [6.07, 6.45) is 2.74. The highest BCUT2D eigenvalue weighted by molar-refractivity contribution is 5.81. The van der Waals surface area contributed by atoms with Gasteiger partial charge in [0.2, 0.25) is 0 Å². The van der Waals surface area contributed by atoms with Gasteiger partial charge < -0.3 is 9.15 Å². The van der Waals surface area contributed by atoms with Gasteiger partial charge in [-0.05, 0) is 12.5 Å². The Morgan fingerprint density at radius 1 is 1.41 bits per heavy atom. The molecule has 0 spiro atoms. The number of rotatable bonds is 6. The molecule has 0 bridgehead atoms. The van der Waals surface area contributed by atoms with Gasteiger partial charge in [0, 0.05) is 17.6 Å². The Morgan fingerprint density at radius 3 is 3.00 bits per heavy atom. The zero-order chi connectivity index (χ0) is 12.1. The smallest absolute Gasteiger partial charge is 0.134 e. The molecular formula is C13H18N2O2. The highest BCUT2D eigenvalue weighted by Crippen LogP contribution is 2.26. The van der Waals surface area contributed by atoms with Gasteiger partial charge in [0.1, 0.15) is 5.58 Å². The summed E-state index contributed by atoms with van der Waals surface area (Å²) in [6, 6.07) is 7.87. The summed E-state index contributed by atoms with van der Waals surface area (Å²) in [5, 5.41) is 1.08. The van der Waals surface area contributed by atoms with Crippen LogP contribution in [-0.4, -0.2) is 13.2 Å². The quantitative estimate of drug-likeness (QED) is 0.457. The van der Waals surface area contributed by atoms with Gasteiger partial charge in [-0.3, -0.25) is 11.3 Å². The van der Waals surface area contributed by atoms with Crippen LogP contribution in [0.25, 0.3) is 11.0 Å². The molecule has 0 radical (unpaired) electrons. The number of nitrogens with one attached hydrogen (secondary N) is 1. The monoisotopic (exact) mass is 234 g/mol. The molecule has 17 heavy (non-hydrogen) atoms. The number of para-hydroxylation sites is 1. The molecule has 0 saturated carbocycles. The molecular weight excluding hydrogens is 216 g/mol. The maximum absolute atomic E-state index is 5.57. The first-order valence-electron chi connectivity index (χ1n) is 5.86. The minimum atomic E-state index is -0.0369. The lowest BCUT2D eigenvalue weighted by Gasteiger charge is -2.14. The van der Waals surface area contributed by atoms with Crippen molar-refractivity contribution in [3.05, 3.63) is 36.1 Å². The molecule has 4 heteroatoms. The molecule has 0 fully saturated rings. The van der Waals surface area contributed by atoms with Gasteiger partial charge in [0.15, 0.2) is 0 Å². The van der Waals surface area contributed by atoms with Crippen LogP contribution in [0.4, 0.5) is 0 Å². The fraction of sp³-hybridized carbons (Fsp3) is 0.385. The van der Waals surface area contributed by atoms with Crippen molar-refractivity contribution in [1.29, 1.82) is 0 Å². The number of hydrazine groups is 1. The number of fused-ring (bicyclic) bond motifs is 1. The van der Waals surface area contributed by atoms with E-state index in [0.29, 0.717) is 6.61 Å². The molecule has 1 heterocycles. The van der Waals surface area contributed by atoms with E-state index in [1.54, 1.807) is 6.26 Å². The zero-order valence-electron chi connectivity index (χ0n) is 9.98. The first kappa shape index (κ1) is 12.1. The van der Waals surface area contributed by atoms with E-state index < -0.39 is 0 Å². The molecule has 0 aliphatic heterocycles. The van der Waals surface area contributed by atoms with E-state index in [1.807, 2.05) is 24.3 Å². The fourth-order valence-corrected chi connectivity index (χ4v) is 1.84. The van der Waals surface area contributed by atoms with Crippen LogP contribution in [-0.2, 0) is 4.74 Å². The summed E-state index contributed by atoms with van der Waals surface area (Å²) in [4.78, 5) is 0. The van der Waals surface area contributed by atoms with Crippen molar-refractivity contribution in [2.24, 2.45) is 5.84 Å². The molecule has 1 aromatic carbocycles. The number of furan rings is 1.